The predicted octanol–water partition coefficient (Wildman–Crippen LogP) is 0.917. The molecule has 1 spiro atoms. The molecule has 0 radical (unpaired) electrons. The number of halogens is 3. The normalized spacial score (nSPS) is 28.0. The number of hydrogen-bond acceptors (Lipinski definition) is 11. The van der Waals surface area contributed by atoms with Gasteiger partial charge in [0.15, 0.2) is 17.6 Å². The lowest BCUT2D eigenvalue weighted by molar-refractivity contribution is -0.192. The molecule has 13 nitrogen and oxygen atoms in total. The summed E-state index contributed by atoms with van der Waals surface area (Å²) in [6.45, 7) is 1.82. The fourth-order valence-corrected chi connectivity index (χ4v) is 6.33. The van der Waals surface area contributed by atoms with Crippen molar-refractivity contribution in [2.75, 3.05) is 20.7 Å². The van der Waals surface area contributed by atoms with Crippen molar-refractivity contribution in [2.24, 2.45) is 0 Å². The Labute approximate surface area is 242 Å². The number of ether oxygens (including phenoxy) is 4. The number of piperidine rings is 1. The highest BCUT2D eigenvalue weighted by molar-refractivity contribution is 5.84. The fourth-order valence-electron chi connectivity index (χ4n) is 6.33. The summed E-state index contributed by atoms with van der Waals surface area (Å²) in [7, 11) is 3.51. The highest BCUT2D eigenvalue weighted by Gasteiger charge is 2.72. The van der Waals surface area contributed by atoms with Crippen LogP contribution in [-0.2, 0) is 40.5 Å². The van der Waals surface area contributed by atoms with Gasteiger partial charge in [-0.25, -0.2) is 14.4 Å². The van der Waals surface area contributed by atoms with Crippen molar-refractivity contribution in [1.29, 1.82) is 0 Å². The quantitative estimate of drug-likeness (QED) is 0.317. The van der Waals surface area contributed by atoms with Gasteiger partial charge in [-0.3, -0.25) is 4.79 Å². The van der Waals surface area contributed by atoms with E-state index in [0.717, 1.165) is 18.1 Å². The predicted molar refractivity (Wildman–Crippen MR) is 135 cm³/mol. The van der Waals surface area contributed by atoms with Crippen molar-refractivity contribution >= 4 is 23.9 Å². The largest absolute Gasteiger partial charge is 0.493 e. The molecule has 4 aliphatic rings. The van der Waals surface area contributed by atoms with Gasteiger partial charge in [-0.2, -0.15) is 13.2 Å². The molecule has 4 N–H and O–H groups in total. The molecular formula is C27H30F3NO12. The SMILES string of the molecule is COc1ccc2c3c1O[C@H]1C(OC(=O)CC(OC(=O)C(C)O)C(=O)O)=CC[C@@]4(O)[C@@H](C2)N(C)CC[C@]314.O=C(O)C(F)(F)F. The van der Waals surface area contributed by atoms with Crippen molar-refractivity contribution in [3.8, 4) is 11.5 Å². The third kappa shape index (κ3) is 5.38. The number of aliphatic carboxylic acids is 2. The molecule has 2 heterocycles. The van der Waals surface area contributed by atoms with E-state index in [0.29, 0.717) is 30.9 Å². The topological polar surface area (TPSA) is 189 Å². The van der Waals surface area contributed by atoms with E-state index in [1.54, 1.807) is 6.08 Å². The summed E-state index contributed by atoms with van der Waals surface area (Å²) < 4.78 is 54.0. The van der Waals surface area contributed by atoms with Gasteiger partial charge < -0.3 is 44.3 Å². The second kappa shape index (κ2) is 11.3. The molecule has 1 aromatic carbocycles. The van der Waals surface area contributed by atoms with Crippen LogP contribution in [0.2, 0.25) is 0 Å². The number of esters is 2. The van der Waals surface area contributed by atoms with Gasteiger partial charge in [0, 0.05) is 18.0 Å². The molecule has 5 rings (SSSR count). The average Bonchev–Trinajstić information content (AvgIpc) is 3.27. The lowest BCUT2D eigenvalue weighted by Crippen LogP contribution is -2.74. The maximum atomic E-state index is 12.8. The van der Waals surface area contributed by atoms with Crippen molar-refractivity contribution in [1.82, 2.24) is 4.90 Å². The van der Waals surface area contributed by atoms with Crippen LogP contribution in [-0.4, -0.2) is 106 Å². The van der Waals surface area contributed by atoms with Crippen molar-refractivity contribution in [3.05, 3.63) is 35.1 Å². The van der Waals surface area contributed by atoms with Gasteiger partial charge in [0.25, 0.3) is 0 Å². The number of benzene rings is 1. The number of carboxylic acids is 2. The van der Waals surface area contributed by atoms with E-state index < -0.39 is 65.8 Å². The number of nitrogens with zero attached hydrogens (tertiary/aromatic N) is 1. The van der Waals surface area contributed by atoms with E-state index in [1.807, 2.05) is 19.2 Å². The molecule has 236 valence electrons. The Kier molecular flexibility index (Phi) is 8.43. The highest BCUT2D eigenvalue weighted by atomic mass is 19.4. The average molecular weight is 618 g/mol. The van der Waals surface area contributed by atoms with Crippen LogP contribution in [0.15, 0.2) is 24.0 Å². The smallest absolute Gasteiger partial charge is 0.490 e. The van der Waals surface area contributed by atoms with Gasteiger partial charge in [-0.15, -0.1) is 0 Å². The number of likely N-dealkylation sites (tertiary alicyclic amines) is 1. The second-order valence-electron chi connectivity index (χ2n) is 10.7. The van der Waals surface area contributed by atoms with Crippen LogP contribution in [0.5, 0.6) is 11.5 Å². The minimum absolute atomic E-state index is 0.171. The molecule has 1 saturated heterocycles. The summed E-state index contributed by atoms with van der Waals surface area (Å²) in [5.74, 6) is -5.21. The molecule has 2 unspecified atom stereocenters. The van der Waals surface area contributed by atoms with Gasteiger partial charge in [-0.1, -0.05) is 6.07 Å². The molecule has 2 aliphatic carbocycles. The summed E-state index contributed by atoms with van der Waals surface area (Å²) in [6.07, 6.45) is -7.03. The summed E-state index contributed by atoms with van der Waals surface area (Å²) >= 11 is 0. The van der Waals surface area contributed by atoms with E-state index in [2.05, 4.69) is 4.90 Å². The first-order chi connectivity index (χ1) is 20.0. The fraction of sp³-hybridized carbons (Fsp3) is 0.556. The number of carboxylic acid groups (broad SMARTS) is 2. The maximum Gasteiger partial charge on any atom is 0.490 e. The number of likely N-dealkylation sites (N-methyl/N-ethyl adjacent to an activating group) is 1. The van der Waals surface area contributed by atoms with Gasteiger partial charge in [0.1, 0.15) is 11.9 Å². The third-order valence-electron chi connectivity index (χ3n) is 8.26. The van der Waals surface area contributed by atoms with Gasteiger partial charge in [0.2, 0.25) is 6.10 Å². The number of carbonyl (C=O) groups is 4. The Morgan fingerprint density at radius 1 is 1.21 bits per heavy atom. The maximum absolute atomic E-state index is 12.8. The first kappa shape index (κ1) is 32.0. The number of carbonyl (C=O) groups excluding carboxylic acids is 2. The molecule has 0 saturated carbocycles. The summed E-state index contributed by atoms with van der Waals surface area (Å²) in [4.78, 5) is 47.0. The lowest BCUT2D eigenvalue weighted by Gasteiger charge is -2.61. The summed E-state index contributed by atoms with van der Waals surface area (Å²) in [5, 5.41) is 38.0. The third-order valence-corrected chi connectivity index (χ3v) is 8.26. The van der Waals surface area contributed by atoms with E-state index in [9.17, 15) is 42.9 Å². The monoisotopic (exact) mass is 617 g/mol. The van der Waals surface area contributed by atoms with E-state index >= 15 is 0 Å². The number of methoxy groups -OCH3 is 1. The Bertz CT molecular complexity index is 1360. The van der Waals surface area contributed by atoms with Crippen LogP contribution in [0.25, 0.3) is 0 Å². The second-order valence-corrected chi connectivity index (χ2v) is 10.7. The number of hydrogen-bond donors (Lipinski definition) is 4. The Hall–Kier alpha value is -3.89. The van der Waals surface area contributed by atoms with Crippen LogP contribution >= 0.6 is 0 Å². The molecule has 0 aromatic heterocycles. The Balaban J connectivity index is 0.000000541. The van der Waals surface area contributed by atoms with Gasteiger partial charge in [-0.05, 0) is 51.1 Å². The Morgan fingerprint density at radius 3 is 2.42 bits per heavy atom. The van der Waals surface area contributed by atoms with Crippen LogP contribution in [0.4, 0.5) is 13.2 Å². The Morgan fingerprint density at radius 2 is 1.86 bits per heavy atom. The first-order valence-corrected chi connectivity index (χ1v) is 13.1. The number of rotatable bonds is 7. The van der Waals surface area contributed by atoms with Gasteiger partial charge in [0.05, 0.1) is 24.5 Å². The van der Waals surface area contributed by atoms with E-state index in [-0.39, 0.29) is 18.2 Å². The molecular weight excluding hydrogens is 587 g/mol. The van der Waals surface area contributed by atoms with Crippen LogP contribution in [0.3, 0.4) is 0 Å². The standard InChI is InChI=1S/C25H29NO10.C2HF3O2/c1-12(27)23(31)35-16(22(29)30)11-18(28)34-15-6-7-25(32)17-10-13-4-5-14(33-3)20-19(13)24(25,21(15)36-20)8-9-26(17)2;3-2(4,5)1(6)7/h4-6,12,16-17,21,27,32H,7-11H2,1-3H3,(H,29,30);(H,6,7)/t12?,16?,17-,21+,24+,25-;/m1./s1. The van der Waals surface area contributed by atoms with E-state index in [4.69, 9.17) is 28.8 Å². The molecule has 0 amide bonds. The minimum Gasteiger partial charge on any atom is -0.493 e. The molecule has 1 fully saturated rings. The number of aliphatic hydroxyl groups excluding tert-OH is 1. The molecule has 16 heteroatoms. The van der Waals surface area contributed by atoms with Crippen LogP contribution in [0.1, 0.15) is 37.3 Å². The van der Waals surface area contributed by atoms with Crippen LogP contribution in [0, 0.1) is 0 Å². The first-order valence-electron chi connectivity index (χ1n) is 13.1. The number of alkyl halides is 3. The summed E-state index contributed by atoms with van der Waals surface area (Å²) in [6, 6.07) is 3.63. The zero-order valence-electron chi connectivity index (χ0n) is 23.2. The zero-order chi connectivity index (χ0) is 32.1. The van der Waals surface area contributed by atoms with Crippen molar-refractivity contribution in [2.45, 2.75) is 74.2 Å². The zero-order valence-corrected chi connectivity index (χ0v) is 23.2. The summed E-state index contributed by atoms with van der Waals surface area (Å²) in [5.41, 5.74) is -0.147. The highest BCUT2D eigenvalue weighted by Crippen LogP contribution is 2.65. The molecule has 6 atom stereocenters. The minimum atomic E-state index is -5.08. The van der Waals surface area contributed by atoms with Crippen molar-refractivity contribution in [3.63, 3.8) is 0 Å². The molecule has 2 aliphatic heterocycles. The van der Waals surface area contributed by atoms with E-state index in [1.165, 1.54) is 7.11 Å². The molecule has 1 aromatic rings. The molecule has 43 heavy (non-hydrogen) atoms. The lowest BCUT2D eigenvalue weighted by atomic mass is 9.50. The van der Waals surface area contributed by atoms with Gasteiger partial charge >= 0.3 is 30.1 Å². The molecule has 2 bridgehead atoms. The number of aliphatic hydroxyl groups is 2. The van der Waals surface area contributed by atoms with Crippen LogP contribution < -0.4 is 9.47 Å². The van der Waals surface area contributed by atoms with Crippen molar-refractivity contribution < 1.29 is 71.7 Å².